The third kappa shape index (κ3) is 5.87. The number of hydrogen-bond acceptors (Lipinski definition) is 3. The van der Waals surface area contributed by atoms with Crippen molar-refractivity contribution in [2.75, 3.05) is 26.8 Å². The number of carbonyl (C=O) groups is 1. The molecule has 152 valence electrons. The monoisotopic (exact) mass is 411 g/mol. The van der Waals surface area contributed by atoms with Crippen molar-refractivity contribution in [1.29, 1.82) is 0 Å². The lowest BCUT2D eigenvalue weighted by molar-refractivity contribution is -0.128. The normalized spacial score (nSPS) is 11.5. The minimum atomic E-state index is -2.60. The number of methoxy groups -OCH3 is 1. The summed E-state index contributed by atoms with van der Waals surface area (Å²) in [7, 11) is 1.46. The molecule has 5 nitrogen and oxygen atoms in total. The number of carbonyl (C=O) groups excluding carboxylic acids is 1. The number of benzene rings is 1. The average molecular weight is 412 g/mol. The van der Waals surface area contributed by atoms with Crippen molar-refractivity contribution < 1.29 is 18.3 Å². The Balaban J connectivity index is 2.17. The molecule has 0 spiro atoms. The summed E-state index contributed by atoms with van der Waals surface area (Å²) >= 11 is 6.22. The molecule has 1 amide bonds. The summed E-state index contributed by atoms with van der Waals surface area (Å²) in [4.78, 5) is 13.4. The van der Waals surface area contributed by atoms with Crippen molar-refractivity contribution in [2.24, 2.45) is 0 Å². The number of alkyl halides is 2. The highest BCUT2D eigenvalue weighted by Crippen LogP contribution is 2.20. The molecule has 0 radical (unpaired) electrons. The average Bonchev–Trinajstić information content (AvgIpc) is 2.91. The van der Waals surface area contributed by atoms with E-state index in [4.69, 9.17) is 16.3 Å². The van der Waals surface area contributed by atoms with Crippen LogP contribution in [0.1, 0.15) is 22.5 Å². The molecule has 1 heterocycles. The summed E-state index contributed by atoms with van der Waals surface area (Å²) in [6, 6.07) is 7.51. The Morgan fingerprint density at radius 2 is 2.07 bits per heavy atom. The van der Waals surface area contributed by atoms with E-state index >= 15 is 0 Å². The highest BCUT2D eigenvalue weighted by Gasteiger charge is 2.17. The highest BCUT2D eigenvalue weighted by atomic mass is 35.5. The number of ether oxygens (including phenoxy) is 1. The van der Waals surface area contributed by atoms with E-state index in [0.717, 1.165) is 27.4 Å². The SMILES string of the molecule is COCCN(CC(F)F)C(=O)/C=C/c1c(C)nn(Cc2ccccc2Cl)c1C. The topological polar surface area (TPSA) is 47.4 Å². The lowest BCUT2D eigenvalue weighted by atomic mass is 10.1. The van der Waals surface area contributed by atoms with Crippen LogP contribution in [-0.2, 0) is 16.1 Å². The fourth-order valence-corrected chi connectivity index (χ4v) is 3.01. The van der Waals surface area contributed by atoms with Gasteiger partial charge in [-0.25, -0.2) is 8.78 Å². The maximum absolute atomic E-state index is 12.7. The number of amides is 1. The molecule has 0 N–H and O–H groups in total. The highest BCUT2D eigenvalue weighted by molar-refractivity contribution is 6.31. The molecule has 0 bridgehead atoms. The Hall–Kier alpha value is -2.25. The summed E-state index contributed by atoms with van der Waals surface area (Å²) in [5, 5.41) is 5.16. The molecular weight excluding hydrogens is 388 g/mol. The first-order valence-corrected chi connectivity index (χ1v) is 9.22. The van der Waals surface area contributed by atoms with Gasteiger partial charge in [-0.1, -0.05) is 29.8 Å². The van der Waals surface area contributed by atoms with Crippen molar-refractivity contribution in [3.63, 3.8) is 0 Å². The van der Waals surface area contributed by atoms with Crippen LogP contribution in [0, 0.1) is 13.8 Å². The zero-order valence-electron chi connectivity index (χ0n) is 16.2. The second-order valence-corrected chi connectivity index (χ2v) is 6.74. The third-order valence-corrected chi connectivity index (χ3v) is 4.71. The molecular formula is C20H24ClF2N3O2. The fraction of sp³-hybridized carbons (Fsp3) is 0.400. The van der Waals surface area contributed by atoms with E-state index in [9.17, 15) is 13.6 Å². The number of nitrogens with zero attached hydrogens (tertiary/aromatic N) is 3. The molecule has 0 fully saturated rings. The van der Waals surface area contributed by atoms with Gasteiger partial charge in [0.15, 0.2) is 0 Å². The van der Waals surface area contributed by atoms with Crippen molar-refractivity contribution >= 4 is 23.6 Å². The predicted molar refractivity (Wildman–Crippen MR) is 106 cm³/mol. The number of hydrogen-bond donors (Lipinski definition) is 0. The molecule has 0 saturated heterocycles. The molecule has 0 atom stereocenters. The molecule has 8 heteroatoms. The second-order valence-electron chi connectivity index (χ2n) is 6.34. The van der Waals surface area contributed by atoms with Crippen LogP contribution in [0.3, 0.4) is 0 Å². The van der Waals surface area contributed by atoms with Crippen LogP contribution in [0.2, 0.25) is 5.02 Å². The Labute approximate surface area is 168 Å². The lowest BCUT2D eigenvalue weighted by Crippen LogP contribution is -2.36. The molecule has 2 rings (SSSR count). The first-order chi connectivity index (χ1) is 13.3. The Morgan fingerprint density at radius 1 is 1.36 bits per heavy atom. The van der Waals surface area contributed by atoms with Crippen LogP contribution in [0.15, 0.2) is 30.3 Å². The van der Waals surface area contributed by atoms with Gasteiger partial charge in [-0.2, -0.15) is 5.10 Å². The van der Waals surface area contributed by atoms with Gasteiger partial charge in [0.1, 0.15) is 0 Å². The van der Waals surface area contributed by atoms with E-state index in [0.29, 0.717) is 11.6 Å². The van der Waals surface area contributed by atoms with Crippen molar-refractivity contribution in [3.8, 4) is 0 Å². The molecule has 0 unspecified atom stereocenters. The summed E-state index contributed by atoms with van der Waals surface area (Å²) in [5.41, 5.74) is 3.32. The van der Waals surface area contributed by atoms with E-state index in [1.807, 2.05) is 42.8 Å². The zero-order chi connectivity index (χ0) is 20.7. The van der Waals surface area contributed by atoms with Gasteiger partial charge in [0.25, 0.3) is 6.43 Å². The fourth-order valence-electron chi connectivity index (χ4n) is 2.81. The van der Waals surface area contributed by atoms with Gasteiger partial charge in [0.2, 0.25) is 5.91 Å². The maximum atomic E-state index is 12.7. The van der Waals surface area contributed by atoms with Crippen LogP contribution < -0.4 is 0 Å². The van der Waals surface area contributed by atoms with E-state index < -0.39 is 18.9 Å². The summed E-state index contributed by atoms with van der Waals surface area (Å²) in [6.45, 7) is 3.90. The van der Waals surface area contributed by atoms with Crippen LogP contribution in [-0.4, -0.2) is 53.8 Å². The van der Waals surface area contributed by atoms with Crippen LogP contribution in [0.5, 0.6) is 0 Å². The largest absolute Gasteiger partial charge is 0.383 e. The van der Waals surface area contributed by atoms with E-state index in [-0.39, 0.29) is 13.2 Å². The van der Waals surface area contributed by atoms with Crippen molar-refractivity contribution in [1.82, 2.24) is 14.7 Å². The molecule has 28 heavy (non-hydrogen) atoms. The first-order valence-electron chi connectivity index (χ1n) is 8.85. The van der Waals surface area contributed by atoms with Gasteiger partial charge >= 0.3 is 0 Å². The van der Waals surface area contributed by atoms with E-state index in [1.54, 1.807) is 6.08 Å². The minimum Gasteiger partial charge on any atom is -0.383 e. The van der Waals surface area contributed by atoms with Crippen molar-refractivity contribution in [2.45, 2.75) is 26.8 Å². The van der Waals surface area contributed by atoms with E-state index in [2.05, 4.69) is 5.10 Å². The van der Waals surface area contributed by atoms with Crippen molar-refractivity contribution in [3.05, 3.63) is 57.9 Å². The van der Waals surface area contributed by atoms with Crippen LogP contribution in [0.4, 0.5) is 8.78 Å². The minimum absolute atomic E-state index is 0.105. The van der Waals surface area contributed by atoms with Gasteiger partial charge < -0.3 is 9.64 Å². The van der Waals surface area contributed by atoms with Gasteiger partial charge in [-0.3, -0.25) is 9.48 Å². The number of aryl methyl sites for hydroxylation is 1. The summed E-state index contributed by atoms with van der Waals surface area (Å²) in [6.07, 6.45) is 0.319. The Kier molecular flexibility index (Phi) is 8.14. The molecule has 2 aromatic rings. The summed E-state index contributed by atoms with van der Waals surface area (Å²) in [5.74, 6) is -0.491. The molecule has 0 aliphatic carbocycles. The number of halogens is 3. The predicted octanol–water partition coefficient (Wildman–Crippen LogP) is 3.95. The van der Waals surface area contributed by atoms with Gasteiger partial charge in [-0.15, -0.1) is 0 Å². The van der Waals surface area contributed by atoms with Gasteiger partial charge in [-0.05, 0) is 31.6 Å². The Morgan fingerprint density at radius 3 is 2.71 bits per heavy atom. The quantitative estimate of drug-likeness (QED) is 0.587. The van der Waals surface area contributed by atoms with Crippen LogP contribution >= 0.6 is 11.6 Å². The second kappa shape index (κ2) is 10.3. The van der Waals surface area contributed by atoms with Crippen LogP contribution in [0.25, 0.3) is 6.08 Å². The van der Waals surface area contributed by atoms with Gasteiger partial charge in [0.05, 0.1) is 25.4 Å². The first kappa shape index (κ1) is 22.0. The Bertz CT molecular complexity index is 837. The van der Waals surface area contributed by atoms with E-state index in [1.165, 1.54) is 13.2 Å². The lowest BCUT2D eigenvalue weighted by Gasteiger charge is -2.20. The molecule has 0 aliphatic heterocycles. The molecule has 1 aromatic heterocycles. The number of rotatable bonds is 9. The molecule has 1 aromatic carbocycles. The molecule has 0 saturated carbocycles. The zero-order valence-corrected chi connectivity index (χ0v) is 16.9. The smallest absolute Gasteiger partial charge is 0.255 e. The maximum Gasteiger partial charge on any atom is 0.255 e. The molecule has 0 aliphatic rings. The van der Waals surface area contributed by atoms with Gasteiger partial charge in [0, 0.05) is 36.0 Å². The third-order valence-electron chi connectivity index (χ3n) is 4.34. The summed E-state index contributed by atoms with van der Waals surface area (Å²) < 4.78 is 32.1. The standard InChI is InChI=1S/C20H24ClF2N3O2/c1-14-17(8-9-20(27)25(10-11-28-3)13-19(22)23)15(2)26(24-14)12-16-6-4-5-7-18(16)21/h4-9,19H,10-13H2,1-3H3/b9-8+. The number of aromatic nitrogens is 2.